The molecule has 1 saturated carbocycles. The van der Waals surface area contributed by atoms with Crippen molar-refractivity contribution in [2.75, 3.05) is 10.6 Å². The number of anilines is 3. The van der Waals surface area contributed by atoms with E-state index in [9.17, 15) is 8.78 Å². The van der Waals surface area contributed by atoms with Crippen molar-refractivity contribution in [2.45, 2.75) is 38.1 Å². The van der Waals surface area contributed by atoms with Crippen molar-refractivity contribution >= 4 is 17.5 Å². The van der Waals surface area contributed by atoms with Crippen LogP contribution in [-0.4, -0.2) is 21.2 Å². The zero-order chi connectivity index (χ0) is 15.4. The van der Waals surface area contributed by atoms with Crippen molar-refractivity contribution in [1.29, 1.82) is 0 Å². The lowest BCUT2D eigenvalue weighted by Gasteiger charge is -2.23. The summed E-state index contributed by atoms with van der Waals surface area (Å²) in [7, 11) is 0. The molecule has 1 fully saturated rings. The summed E-state index contributed by atoms with van der Waals surface area (Å²) in [5.41, 5.74) is -0.279. The van der Waals surface area contributed by atoms with Crippen molar-refractivity contribution in [1.82, 2.24) is 15.2 Å². The van der Waals surface area contributed by atoms with Crippen LogP contribution in [0.25, 0.3) is 0 Å². The van der Waals surface area contributed by atoms with Gasteiger partial charge in [-0.1, -0.05) is 25.3 Å². The minimum absolute atomic E-state index is 0.0600. The van der Waals surface area contributed by atoms with E-state index in [1.165, 1.54) is 43.7 Å². The van der Waals surface area contributed by atoms with Gasteiger partial charge in [-0.05, 0) is 25.0 Å². The normalized spacial score (nSPS) is 15.5. The van der Waals surface area contributed by atoms with Gasteiger partial charge in [-0.15, -0.1) is 5.10 Å². The van der Waals surface area contributed by atoms with Crippen LogP contribution in [-0.2, 0) is 0 Å². The Morgan fingerprint density at radius 3 is 2.50 bits per heavy atom. The van der Waals surface area contributed by atoms with E-state index in [2.05, 4.69) is 25.8 Å². The van der Waals surface area contributed by atoms with Gasteiger partial charge in [-0.3, -0.25) is 0 Å². The van der Waals surface area contributed by atoms with Gasteiger partial charge in [0.05, 0.1) is 6.20 Å². The van der Waals surface area contributed by atoms with Crippen molar-refractivity contribution in [3.63, 3.8) is 0 Å². The molecular formula is C15H17F2N5. The number of halogens is 2. The van der Waals surface area contributed by atoms with Crippen LogP contribution in [0.3, 0.4) is 0 Å². The summed E-state index contributed by atoms with van der Waals surface area (Å²) < 4.78 is 27.2. The molecule has 5 nitrogen and oxygen atoms in total. The molecular weight excluding hydrogens is 288 g/mol. The van der Waals surface area contributed by atoms with Crippen LogP contribution in [0.4, 0.5) is 26.2 Å². The Balaban J connectivity index is 1.73. The van der Waals surface area contributed by atoms with Gasteiger partial charge in [0.15, 0.2) is 5.82 Å². The molecule has 1 aliphatic carbocycles. The summed E-state index contributed by atoms with van der Waals surface area (Å²) in [6.07, 6.45) is 7.35. The van der Waals surface area contributed by atoms with E-state index in [0.29, 0.717) is 11.9 Å². The van der Waals surface area contributed by atoms with Gasteiger partial charge >= 0.3 is 0 Å². The van der Waals surface area contributed by atoms with Crippen molar-refractivity contribution in [2.24, 2.45) is 0 Å². The van der Waals surface area contributed by atoms with Crippen molar-refractivity contribution < 1.29 is 8.78 Å². The molecule has 3 rings (SSSR count). The van der Waals surface area contributed by atoms with Crippen molar-refractivity contribution in [3.8, 4) is 0 Å². The first kappa shape index (κ1) is 14.6. The third kappa shape index (κ3) is 3.47. The highest BCUT2D eigenvalue weighted by Crippen LogP contribution is 2.23. The molecule has 116 valence electrons. The molecule has 0 amide bonds. The standard InChI is InChI=1S/C15H17F2N5/c16-11-7-4-8-12(17)14(11)21-15-20-13(9-18-22-15)19-10-5-2-1-3-6-10/h4,7-10H,1-3,5-6H2,(H2,19,20,21,22). The topological polar surface area (TPSA) is 62.7 Å². The first-order chi connectivity index (χ1) is 10.7. The Hall–Kier alpha value is -2.31. The summed E-state index contributed by atoms with van der Waals surface area (Å²) in [5.74, 6) is -0.783. The van der Waals surface area contributed by atoms with E-state index < -0.39 is 11.6 Å². The van der Waals surface area contributed by atoms with Gasteiger partial charge in [-0.25, -0.2) is 8.78 Å². The Labute approximate surface area is 127 Å². The number of hydrogen-bond donors (Lipinski definition) is 2. The second-order valence-corrected chi connectivity index (χ2v) is 5.37. The lowest BCUT2D eigenvalue weighted by Crippen LogP contribution is -2.23. The third-order valence-corrected chi connectivity index (χ3v) is 3.72. The number of para-hydroxylation sites is 1. The molecule has 0 spiro atoms. The molecule has 0 saturated heterocycles. The summed E-state index contributed by atoms with van der Waals surface area (Å²) in [5, 5.41) is 13.4. The van der Waals surface area contributed by atoms with Crippen LogP contribution >= 0.6 is 0 Å². The average molecular weight is 305 g/mol. The first-order valence-corrected chi connectivity index (χ1v) is 7.39. The number of nitrogens with zero attached hydrogens (tertiary/aromatic N) is 3. The number of rotatable bonds is 4. The van der Waals surface area contributed by atoms with Crippen LogP contribution in [0, 0.1) is 11.6 Å². The van der Waals surface area contributed by atoms with Crippen molar-refractivity contribution in [3.05, 3.63) is 36.0 Å². The number of benzene rings is 1. The Morgan fingerprint density at radius 1 is 1.05 bits per heavy atom. The van der Waals surface area contributed by atoms with E-state index in [1.54, 1.807) is 0 Å². The fourth-order valence-electron chi connectivity index (χ4n) is 2.61. The predicted octanol–water partition coefficient (Wildman–Crippen LogP) is 3.64. The highest BCUT2D eigenvalue weighted by Gasteiger charge is 2.15. The third-order valence-electron chi connectivity index (χ3n) is 3.72. The van der Waals surface area contributed by atoms with Crippen LogP contribution in [0.5, 0.6) is 0 Å². The highest BCUT2D eigenvalue weighted by molar-refractivity contribution is 5.55. The molecule has 0 atom stereocenters. The van der Waals surface area contributed by atoms with E-state index in [0.717, 1.165) is 12.8 Å². The fraction of sp³-hybridized carbons (Fsp3) is 0.400. The average Bonchev–Trinajstić information content (AvgIpc) is 2.53. The first-order valence-electron chi connectivity index (χ1n) is 7.39. The Morgan fingerprint density at radius 2 is 1.77 bits per heavy atom. The molecule has 1 aromatic heterocycles. The molecule has 22 heavy (non-hydrogen) atoms. The lowest BCUT2D eigenvalue weighted by molar-refractivity contribution is 0.461. The van der Waals surface area contributed by atoms with Gasteiger partial charge < -0.3 is 10.6 Å². The maximum atomic E-state index is 13.6. The van der Waals surface area contributed by atoms with E-state index in [-0.39, 0.29) is 11.6 Å². The second kappa shape index (κ2) is 6.64. The second-order valence-electron chi connectivity index (χ2n) is 5.37. The van der Waals surface area contributed by atoms with E-state index in [1.807, 2.05) is 0 Å². The van der Waals surface area contributed by atoms with Gasteiger partial charge in [0, 0.05) is 6.04 Å². The summed E-state index contributed by atoms with van der Waals surface area (Å²) >= 11 is 0. The SMILES string of the molecule is Fc1cccc(F)c1Nc1nncc(NC2CCCCC2)n1. The summed E-state index contributed by atoms with van der Waals surface area (Å²) in [6.45, 7) is 0. The van der Waals surface area contributed by atoms with Gasteiger partial charge in [0.25, 0.3) is 0 Å². The fourth-order valence-corrected chi connectivity index (χ4v) is 2.61. The smallest absolute Gasteiger partial charge is 0.249 e. The molecule has 1 aromatic carbocycles. The zero-order valence-corrected chi connectivity index (χ0v) is 12.0. The molecule has 0 bridgehead atoms. The number of nitrogens with one attached hydrogen (secondary N) is 2. The monoisotopic (exact) mass is 305 g/mol. The van der Waals surface area contributed by atoms with E-state index >= 15 is 0 Å². The Bertz CT molecular complexity index is 623. The molecule has 2 N–H and O–H groups in total. The molecule has 2 aromatic rings. The molecule has 0 radical (unpaired) electrons. The predicted molar refractivity (Wildman–Crippen MR) is 80.0 cm³/mol. The Kier molecular flexibility index (Phi) is 4.41. The van der Waals surface area contributed by atoms with Crippen LogP contribution < -0.4 is 10.6 Å². The zero-order valence-electron chi connectivity index (χ0n) is 12.0. The quantitative estimate of drug-likeness (QED) is 0.903. The minimum atomic E-state index is -0.700. The van der Waals surface area contributed by atoms with Crippen LogP contribution in [0.15, 0.2) is 24.4 Å². The summed E-state index contributed by atoms with van der Waals surface area (Å²) in [6, 6.07) is 4.01. The molecule has 1 aliphatic rings. The number of aromatic nitrogens is 3. The van der Waals surface area contributed by atoms with Gasteiger partial charge in [0.1, 0.15) is 17.3 Å². The molecule has 0 aliphatic heterocycles. The molecule has 1 heterocycles. The van der Waals surface area contributed by atoms with Crippen LogP contribution in [0.2, 0.25) is 0 Å². The van der Waals surface area contributed by atoms with Gasteiger partial charge in [0.2, 0.25) is 5.95 Å². The summed E-state index contributed by atoms with van der Waals surface area (Å²) in [4.78, 5) is 4.22. The van der Waals surface area contributed by atoms with Crippen LogP contribution in [0.1, 0.15) is 32.1 Å². The maximum Gasteiger partial charge on any atom is 0.249 e. The maximum absolute atomic E-state index is 13.6. The largest absolute Gasteiger partial charge is 0.366 e. The molecule has 0 unspecified atom stereocenters. The molecule has 7 heteroatoms. The lowest BCUT2D eigenvalue weighted by atomic mass is 9.96. The highest BCUT2D eigenvalue weighted by atomic mass is 19.1. The minimum Gasteiger partial charge on any atom is -0.366 e. The number of hydrogen-bond acceptors (Lipinski definition) is 5. The van der Waals surface area contributed by atoms with Gasteiger partial charge in [-0.2, -0.15) is 10.1 Å². The van der Waals surface area contributed by atoms with E-state index in [4.69, 9.17) is 0 Å².